The summed E-state index contributed by atoms with van der Waals surface area (Å²) in [6.45, 7) is 6.93. The van der Waals surface area contributed by atoms with Crippen LogP contribution in [0.5, 0.6) is 0 Å². The number of ether oxygens (including phenoxy) is 1. The molecule has 2 heterocycles. The zero-order chi connectivity index (χ0) is 15.6. The molecular weight excluding hydrogens is 304 g/mol. The lowest BCUT2D eigenvalue weighted by atomic mass is 10.1. The van der Waals surface area contributed by atoms with Crippen LogP contribution in [0.3, 0.4) is 0 Å². The van der Waals surface area contributed by atoms with Gasteiger partial charge in [-0.2, -0.15) is 0 Å². The molecule has 0 radical (unpaired) electrons. The van der Waals surface area contributed by atoms with Crippen LogP contribution in [0, 0.1) is 4.77 Å². The fraction of sp³-hybridized carbons (Fsp3) is 0.571. The maximum Gasteiger partial charge on any atom is 0.251 e. The van der Waals surface area contributed by atoms with E-state index in [1.54, 1.807) is 10.8 Å². The SMILES string of the molecule is C[Si](C)(C)CCC1=C[C@@H](CO)O[C@H]1n1ccc(=O)[nH]c1=S. The van der Waals surface area contributed by atoms with Crippen LogP contribution in [0.25, 0.3) is 0 Å². The molecule has 1 aliphatic heterocycles. The summed E-state index contributed by atoms with van der Waals surface area (Å²) in [6, 6.07) is 2.58. The Balaban J connectivity index is 2.26. The number of aliphatic hydroxyl groups excluding tert-OH is 1. The lowest BCUT2D eigenvalue weighted by molar-refractivity contribution is -0.0143. The monoisotopic (exact) mass is 326 g/mol. The highest BCUT2D eigenvalue weighted by molar-refractivity contribution is 7.71. The topological polar surface area (TPSA) is 67.2 Å². The zero-order valence-corrected chi connectivity index (χ0v) is 14.4. The highest BCUT2D eigenvalue weighted by atomic mass is 32.1. The fourth-order valence-corrected chi connectivity index (χ4v) is 3.59. The number of hydrogen-bond acceptors (Lipinski definition) is 4. The maximum atomic E-state index is 11.3. The molecule has 0 unspecified atom stereocenters. The number of rotatable bonds is 5. The first-order valence-electron chi connectivity index (χ1n) is 7.08. The molecule has 7 heteroatoms. The number of hydrogen-bond donors (Lipinski definition) is 2. The van der Waals surface area contributed by atoms with Gasteiger partial charge in [0.05, 0.1) is 6.61 Å². The standard InChI is InChI=1S/C14H22N2O3SSi/c1-21(2,3)7-5-10-8-11(9-17)19-13(10)16-6-4-12(18)15-14(16)20/h4,6,8,11,13,17H,5,7,9H2,1-3H3,(H,15,18,20)/t11-,13+/m0/s1. The molecule has 1 aromatic rings. The average Bonchev–Trinajstić information content (AvgIpc) is 2.79. The van der Waals surface area contributed by atoms with E-state index in [1.807, 2.05) is 6.08 Å². The van der Waals surface area contributed by atoms with E-state index < -0.39 is 8.07 Å². The van der Waals surface area contributed by atoms with Crippen molar-refractivity contribution in [2.24, 2.45) is 0 Å². The van der Waals surface area contributed by atoms with Crippen LogP contribution in [0.15, 0.2) is 28.7 Å². The van der Waals surface area contributed by atoms with Gasteiger partial charge in [-0.3, -0.25) is 14.3 Å². The van der Waals surface area contributed by atoms with E-state index >= 15 is 0 Å². The van der Waals surface area contributed by atoms with Crippen molar-refractivity contribution in [3.63, 3.8) is 0 Å². The van der Waals surface area contributed by atoms with E-state index in [4.69, 9.17) is 17.0 Å². The third kappa shape index (κ3) is 4.23. The molecule has 2 rings (SSSR count). The lowest BCUT2D eigenvalue weighted by Crippen LogP contribution is -2.22. The zero-order valence-electron chi connectivity index (χ0n) is 12.6. The van der Waals surface area contributed by atoms with E-state index in [1.165, 1.54) is 6.07 Å². The van der Waals surface area contributed by atoms with Crippen LogP contribution in [0.4, 0.5) is 0 Å². The van der Waals surface area contributed by atoms with Crippen molar-refractivity contribution in [1.82, 2.24) is 9.55 Å². The second kappa shape index (κ2) is 6.39. The average molecular weight is 326 g/mol. The largest absolute Gasteiger partial charge is 0.393 e. The summed E-state index contributed by atoms with van der Waals surface area (Å²) in [4.78, 5) is 13.9. The summed E-state index contributed by atoms with van der Waals surface area (Å²) in [7, 11) is -1.16. The molecule has 2 N–H and O–H groups in total. The Morgan fingerprint density at radius 1 is 1.48 bits per heavy atom. The minimum Gasteiger partial charge on any atom is -0.393 e. The first-order valence-corrected chi connectivity index (χ1v) is 11.2. The summed E-state index contributed by atoms with van der Waals surface area (Å²) in [5.74, 6) is 0. The third-order valence-corrected chi connectivity index (χ3v) is 5.53. The normalized spacial score (nSPS) is 22.4. The molecule has 0 aliphatic carbocycles. The predicted molar refractivity (Wildman–Crippen MR) is 87.7 cm³/mol. The number of nitrogens with zero attached hydrogens (tertiary/aromatic N) is 1. The van der Waals surface area contributed by atoms with Crippen LogP contribution in [0.1, 0.15) is 12.6 Å². The minimum absolute atomic E-state index is 0.0520. The van der Waals surface area contributed by atoms with Crippen molar-refractivity contribution < 1.29 is 9.84 Å². The van der Waals surface area contributed by atoms with Gasteiger partial charge in [0.15, 0.2) is 11.0 Å². The van der Waals surface area contributed by atoms with Crippen molar-refractivity contribution in [3.8, 4) is 0 Å². The Morgan fingerprint density at radius 3 is 2.76 bits per heavy atom. The molecule has 21 heavy (non-hydrogen) atoms. The molecular formula is C14H22N2O3SSi. The van der Waals surface area contributed by atoms with Gasteiger partial charge in [-0.15, -0.1) is 0 Å². The van der Waals surface area contributed by atoms with Gasteiger partial charge in [0.1, 0.15) is 6.10 Å². The van der Waals surface area contributed by atoms with E-state index in [0.717, 1.165) is 18.0 Å². The molecule has 0 spiro atoms. The second-order valence-electron chi connectivity index (χ2n) is 6.53. The number of nitrogens with one attached hydrogen (secondary N) is 1. The molecule has 1 aromatic heterocycles. The van der Waals surface area contributed by atoms with Crippen molar-refractivity contribution >= 4 is 20.3 Å². The van der Waals surface area contributed by atoms with Crippen molar-refractivity contribution in [1.29, 1.82) is 0 Å². The van der Waals surface area contributed by atoms with E-state index in [-0.39, 0.29) is 24.5 Å². The van der Waals surface area contributed by atoms with Crippen LogP contribution in [-0.2, 0) is 4.74 Å². The van der Waals surface area contributed by atoms with Crippen molar-refractivity contribution in [2.75, 3.05) is 6.61 Å². The molecule has 0 bridgehead atoms. The number of aromatic nitrogens is 2. The molecule has 1 aliphatic rings. The summed E-state index contributed by atoms with van der Waals surface area (Å²) in [5.41, 5.74) is 0.903. The molecule has 116 valence electrons. The first kappa shape index (κ1) is 16.3. The summed E-state index contributed by atoms with van der Waals surface area (Å²) < 4.78 is 7.92. The second-order valence-corrected chi connectivity index (χ2v) is 12.5. The molecule has 0 saturated carbocycles. The Morgan fingerprint density at radius 2 is 2.19 bits per heavy atom. The van der Waals surface area contributed by atoms with Crippen LogP contribution >= 0.6 is 12.2 Å². The van der Waals surface area contributed by atoms with Gasteiger partial charge >= 0.3 is 0 Å². The Bertz CT molecular complexity index is 645. The van der Waals surface area contributed by atoms with Gasteiger partial charge in [0.25, 0.3) is 5.56 Å². The maximum absolute atomic E-state index is 11.3. The van der Waals surface area contributed by atoms with Gasteiger partial charge < -0.3 is 9.84 Å². The van der Waals surface area contributed by atoms with Gasteiger partial charge in [-0.1, -0.05) is 25.7 Å². The van der Waals surface area contributed by atoms with E-state index in [0.29, 0.717) is 4.77 Å². The van der Waals surface area contributed by atoms with Crippen LogP contribution < -0.4 is 5.56 Å². The third-order valence-electron chi connectivity index (χ3n) is 3.47. The molecule has 5 nitrogen and oxygen atoms in total. The molecule has 0 amide bonds. The Hall–Kier alpha value is -1.02. The summed E-state index contributed by atoms with van der Waals surface area (Å²) in [5, 5.41) is 9.34. The van der Waals surface area contributed by atoms with Gasteiger partial charge in [0.2, 0.25) is 0 Å². The van der Waals surface area contributed by atoms with Crippen LogP contribution in [-0.4, -0.2) is 35.4 Å². The molecule has 0 fully saturated rings. The quantitative estimate of drug-likeness (QED) is 0.495. The minimum atomic E-state index is -1.16. The lowest BCUT2D eigenvalue weighted by Gasteiger charge is -2.22. The number of H-pyrrole nitrogens is 1. The molecule has 0 aromatic carbocycles. The van der Waals surface area contributed by atoms with Crippen LogP contribution in [0.2, 0.25) is 25.7 Å². The Labute approximate surface area is 130 Å². The molecule has 0 saturated heterocycles. The van der Waals surface area contributed by atoms with Crippen molar-refractivity contribution in [3.05, 3.63) is 39.0 Å². The van der Waals surface area contributed by atoms with Gasteiger partial charge in [0, 0.05) is 20.3 Å². The van der Waals surface area contributed by atoms with E-state index in [9.17, 15) is 9.90 Å². The predicted octanol–water partition coefficient (Wildman–Crippen LogP) is 2.45. The Kier molecular flexibility index (Phi) is 4.98. The van der Waals surface area contributed by atoms with Gasteiger partial charge in [-0.05, 0) is 30.3 Å². The summed E-state index contributed by atoms with van der Waals surface area (Å²) in [6.07, 6.45) is 3.92. The smallest absolute Gasteiger partial charge is 0.251 e. The highest BCUT2D eigenvalue weighted by Crippen LogP contribution is 2.33. The highest BCUT2D eigenvalue weighted by Gasteiger charge is 2.29. The summed E-state index contributed by atoms with van der Waals surface area (Å²) >= 11 is 5.21. The first-order chi connectivity index (χ1) is 9.80. The fourth-order valence-electron chi connectivity index (χ4n) is 2.29. The number of aliphatic hydroxyl groups is 1. The van der Waals surface area contributed by atoms with E-state index in [2.05, 4.69) is 24.6 Å². The molecule has 2 atom stereocenters. The number of aromatic amines is 1. The van der Waals surface area contributed by atoms with Crippen molar-refractivity contribution in [2.45, 2.75) is 44.4 Å². The van der Waals surface area contributed by atoms with Gasteiger partial charge in [-0.25, -0.2) is 0 Å².